The maximum atomic E-state index is 12.0. The van der Waals surface area contributed by atoms with E-state index in [1.807, 2.05) is 13.2 Å². The molecule has 2 N–H and O–H groups in total. The van der Waals surface area contributed by atoms with E-state index in [1.54, 1.807) is 0 Å². The van der Waals surface area contributed by atoms with Crippen molar-refractivity contribution < 1.29 is 9.18 Å². The van der Waals surface area contributed by atoms with E-state index < -0.39 is 5.95 Å². The molecule has 1 aliphatic rings. The minimum Gasteiger partial charge on any atom is -0.373 e. The highest BCUT2D eigenvalue weighted by molar-refractivity contribution is 5.82. The van der Waals surface area contributed by atoms with Crippen LogP contribution in [-0.4, -0.2) is 46.8 Å². The van der Waals surface area contributed by atoms with Crippen LogP contribution in [0, 0.1) is 5.95 Å². The SMILES string of the molecule is CNc1cc2[nH]c(C3CCCN3C)cc2cn1.O=Cc1ccc(F)nc1. The number of aromatic nitrogens is 3. The second kappa shape index (κ2) is 8.05. The fraction of sp³-hybridized carbons (Fsp3) is 0.316. The lowest BCUT2D eigenvalue weighted by atomic mass is 10.1. The zero-order valence-electron chi connectivity index (χ0n) is 14.9. The number of aromatic amines is 1. The first kappa shape index (κ1) is 18.0. The first-order valence-corrected chi connectivity index (χ1v) is 8.54. The van der Waals surface area contributed by atoms with Crippen molar-refractivity contribution >= 4 is 23.0 Å². The molecule has 7 heteroatoms. The Bertz CT molecular complexity index is 877. The third kappa shape index (κ3) is 4.05. The van der Waals surface area contributed by atoms with E-state index >= 15 is 0 Å². The highest BCUT2D eigenvalue weighted by Gasteiger charge is 2.23. The van der Waals surface area contributed by atoms with Gasteiger partial charge in [-0.3, -0.25) is 9.69 Å². The van der Waals surface area contributed by atoms with E-state index in [0.29, 0.717) is 17.9 Å². The fourth-order valence-corrected chi connectivity index (χ4v) is 3.12. The summed E-state index contributed by atoms with van der Waals surface area (Å²) in [5.41, 5.74) is 2.87. The van der Waals surface area contributed by atoms with Gasteiger partial charge in [-0.05, 0) is 44.6 Å². The van der Waals surface area contributed by atoms with Crippen molar-refractivity contribution in [2.24, 2.45) is 0 Å². The topological polar surface area (TPSA) is 73.9 Å². The van der Waals surface area contributed by atoms with Gasteiger partial charge in [-0.2, -0.15) is 4.39 Å². The van der Waals surface area contributed by atoms with Crippen molar-refractivity contribution in [3.63, 3.8) is 0 Å². The van der Waals surface area contributed by atoms with Crippen LogP contribution in [0.15, 0.2) is 36.7 Å². The second-order valence-corrected chi connectivity index (χ2v) is 6.30. The molecule has 0 aliphatic carbocycles. The molecule has 1 fully saturated rings. The van der Waals surface area contributed by atoms with Gasteiger partial charge in [-0.15, -0.1) is 0 Å². The summed E-state index contributed by atoms with van der Waals surface area (Å²) in [5, 5.41) is 4.26. The molecular weight excluding hydrogens is 333 g/mol. The van der Waals surface area contributed by atoms with Crippen molar-refractivity contribution in [2.75, 3.05) is 26.0 Å². The van der Waals surface area contributed by atoms with Crippen molar-refractivity contribution in [1.29, 1.82) is 0 Å². The molecule has 0 bridgehead atoms. The highest BCUT2D eigenvalue weighted by Crippen LogP contribution is 2.31. The summed E-state index contributed by atoms with van der Waals surface area (Å²) in [6.07, 6.45) is 6.26. The zero-order valence-corrected chi connectivity index (χ0v) is 14.9. The number of anilines is 1. The molecule has 0 spiro atoms. The molecule has 0 aromatic carbocycles. The van der Waals surface area contributed by atoms with E-state index in [9.17, 15) is 9.18 Å². The Kier molecular flexibility index (Phi) is 5.58. The van der Waals surface area contributed by atoms with Crippen LogP contribution in [0.1, 0.15) is 34.9 Å². The number of likely N-dealkylation sites (tertiary alicyclic amines) is 1. The van der Waals surface area contributed by atoms with Crippen LogP contribution >= 0.6 is 0 Å². The molecule has 4 heterocycles. The summed E-state index contributed by atoms with van der Waals surface area (Å²) in [5.74, 6) is 0.339. The summed E-state index contributed by atoms with van der Waals surface area (Å²) in [6.45, 7) is 1.19. The van der Waals surface area contributed by atoms with Gasteiger partial charge in [0, 0.05) is 48.2 Å². The summed E-state index contributed by atoms with van der Waals surface area (Å²) in [7, 11) is 4.09. The van der Waals surface area contributed by atoms with Crippen molar-refractivity contribution in [3.05, 3.63) is 53.9 Å². The van der Waals surface area contributed by atoms with E-state index in [0.717, 1.165) is 11.9 Å². The number of pyridine rings is 2. The molecule has 3 aromatic heterocycles. The molecule has 0 saturated carbocycles. The van der Waals surface area contributed by atoms with Crippen LogP contribution in [0.5, 0.6) is 0 Å². The number of H-pyrrole nitrogens is 1. The van der Waals surface area contributed by atoms with Gasteiger partial charge in [0.15, 0.2) is 6.29 Å². The predicted molar refractivity (Wildman–Crippen MR) is 99.8 cm³/mol. The molecule has 0 amide bonds. The Morgan fingerprint density at radius 3 is 2.77 bits per heavy atom. The zero-order chi connectivity index (χ0) is 18.5. The van der Waals surface area contributed by atoms with Gasteiger partial charge in [0.2, 0.25) is 5.95 Å². The van der Waals surface area contributed by atoms with Gasteiger partial charge in [0.1, 0.15) is 5.82 Å². The smallest absolute Gasteiger partial charge is 0.212 e. The average Bonchev–Trinajstić information content (AvgIpc) is 3.27. The van der Waals surface area contributed by atoms with Crippen LogP contribution in [0.4, 0.5) is 10.2 Å². The Labute approximate surface area is 151 Å². The molecule has 26 heavy (non-hydrogen) atoms. The number of nitrogens with one attached hydrogen (secondary N) is 2. The van der Waals surface area contributed by atoms with Crippen LogP contribution in [0.2, 0.25) is 0 Å². The monoisotopic (exact) mass is 355 g/mol. The first-order chi connectivity index (χ1) is 12.6. The molecule has 6 nitrogen and oxygen atoms in total. The Balaban J connectivity index is 0.000000185. The van der Waals surface area contributed by atoms with Crippen LogP contribution in [0.25, 0.3) is 10.9 Å². The van der Waals surface area contributed by atoms with Crippen molar-refractivity contribution in [2.45, 2.75) is 18.9 Å². The number of aldehydes is 1. The number of nitrogens with zero attached hydrogens (tertiary/aromatic N) is 3. The summed E-state index contributed by atoms with van der Waals surface area (Å²) >= 11 is 0. The van der Waals surface area contributed by atoms with Gasteiger partial charge in [-0.1, -0.05) is 0 Å². The standard InChI is InChI=1S/C13H18N4.C6H4FNO/c1-14-13-7-10-9(8-15-13)6-11(16-10)12-4-3-5-17(12)2;7-6-2-1-5(4-9)3-8-6/h6-8,12,16H,3-5H2,1-2H3,(H,14,15);1-4H. The lowest BCUT2D eigenvalue weighted by molar-refractivity contribution is 0.112. The molecular formula is C19H22FN5O. The molecule has 0 radical (unpaired) electrons. The number of carbonyl (C=O) groups excluding carboxylic acids is 1. The Morgan fingerprint density at radius 1 is 1.31 bits per heavy atom. The number of hydrogen-bond acceptors (Lipinski definition) is 5. The second-order valence-electron chi connectivity index (χ2n) is 6.30. The van der Waals surface area contributed by atoms with Crippen LogP contribution in [0.3, 0.4) is 0 Å². The number of fused-ring (bicyclic) bond motifs is 1. The lowest BCUT2D eigenvalue weighted by Gasteiger charge is -2.17. The van der Waals surface area contributed by atoms with E-state index in [-0.39, 0.29) is 0 Å². The highest BCUT2D eigenvalue weighted by atomic mass is 19.1. The number of hydrogen-bond donors (Lipinski definition) is 2. The maximum absolute atomic E-state index is 12.0. The van der Waals surface area contributed by atoms with Gasteiger partial charge in [0.05, 0.1) is 5.52 Å². The normalized spacial score (nSPS) is 17.0. The van der Waals surface area contributed by atoms with E-state index in [2.05, 4.69) is 44.3 Å². The fourth-order valence-electron chi connectivity index (χ4n) is 3.12. The molecule has 136 valence electrons. The third-order valence-electron chi connectivity index (χ3n) is 4.55. The Morgan fingerprint density at radius 2 is 2.15 bits per heavy atom. The van der Waals surface area contributed by atoms with Gasteiger partial charge >= 0.3 is 0 Å². The lowest BCUT2D eigenvalue weighted by Crippen LogP contribution is -2.17. The minimum absolute atomic E-state index is 0.386. The summed E-state index contributed by atoms with van der Waals surface area (Å²) < 4.78 is 12.0. The van der Waals surface area contributed by atoms with Crippen LogP contribution in [-0.2, 0) is 0 Å². The number of halogens is 1. The van der Waals surface area contributed by atoms with Gasteiger partial charge in [0.25, 0.3) is 0 Å². The molecule has 4 rings (SSSR count). The quantitative estimate of drug-likeness (QED) is 0.556. The van der Waals surface area contributed by atoms with E-state index in [4.69, 9.17) is 0 Å². The molecule has 1 aliphatic heterocycles. The maximum Gasteiger partial charge on any atom is 0.212 e. The van der Waals surface area contributed by atoms with Crippen molar-refractivity contribution in [1.82, 2.24) is 19.9 Å². The molecule has 1 atom stereocenters. The van der Waals surface area contributed by atoms with Gasteiger partial charge < -0.3 is 10.3 Å². The van der Waals surface area contributed by atoms with Gasteiger partial charge in [-0.25, -0.2) is 9.97 Å². The Hall–Kier alpha value is -2.80. The number of carbonyl (C=O) groups is 1. The number of rotatable bonds is 3. The summed E-state index contributed by atoms with van der Waals surface area (Å²) in [4.78, 5) is 23.5. The summed E-state index contributed by atoms with van der Waals surface area (Å²) in [6, 6.07) is 7.35. The predicted octanol–water partition coefficient (Wildman–Crippen LogP) is 3.40. The minimum atomic E-state index is -0.569. The van der Waals surface area contributed by atoms with E-state index in [1.165, 1.54) is 48.2 Å². The third-order valence-corrected chi connectivity index (χ3v) is 4.55. The molecule has 1 unspecified atom stereocenters. The average molecular weight is 355 g/mol. The van der Waals surface area contributed by atoms with Crippen molar-refractivity contribution in [3.8, 4) is 0 Å². The largest absolute Gasteiger partial charge is 0.373 e. The van der Waals surface area contributed by atoms with Crippen LogP contribution < -0.4 is 5.32 Å². The molecule has 3 aromatic rings. The first-order valence-electron chi connectivity index (χ1n) is 8.54. The molecule has 1 saturated heterocycles.